The van der Waals surface area contributed by atoms with E-state index in [1.54, 1.807) is 24.7 Å². The van der Waals surface area contributed by atoms with Gasteiger partial charge in [0.25, 0.3) is 5.56 Å². The molecule has 0 spiro atoms. The SMILES string of the molecule is Cc1[nH]n(-c2ccccn2)c(=O)c1Cc1cccnc1. The molecule has 1 N–H and O–H groups in total. The van der Waals surface area contributed by atoms with E-state index in [1.807, 2.05) is 31.2 Å². The van der Waals surface area contributed by atoms with Crippen LogP contribution in [-0.2, 0) is 6.42 Å². The van der Waals surface area contributed by atoms with E-state index in [4.69, 9.17) is 0 Å². The van der Waals surface area contributed by atoms with Crippen LogP contribution in [-0.4, -0.2) is 19.7 Å². The molecular formula is C15H14N4O. The number of hydrogen-bond acceptors (Lipinski definition) is 3. The quantitative estimate of drug-likeness (QED) is 0.787. The van der Waals surface area contributed by atoms with Crippen molar-refractivity contribution in [2.24, 2.45) is 0 Å². The fourth-order valence-corrected chi connectivity index (χ4v) is 2.14. The zero-order valence-electron chi connectivity index (χ0n) is 11.1. The Balaban J connectivity index is 2.02. The highest BCUT2D eigenvalue weighted by atomic mass is 16.1. The van der Waals surface area contributed by atoms with E-state index in [9.17, 15) is 4.79 Å². The first-order valence-electron chi connectivity index (χ1n) is 6.36. The highest BCUT2D eigenvalue weighted by Gasteiger charge is 2.13. The van der Waals surface area contributed by atoms with Gasteiger partial charge in [-0.1, -0.05) is 12.1 Å². The Morgan fingerprint density at radius 2 is 2.10 bits per heavy atom. The molecule has 0 radical (unpaired) electrons. The van der Waals surface area contributed by atoms with Gasteiger partial charge in [0.2, 0.25) is 0 Å². The lowest BCUT2D eigenvalue weighted by atomic mass is 10.1. The molecule has 5 heteroatoms. The molecule has 0 aliphatic heterocycles. The van der Waals surface area contributed by atoms with Crippen molar-refractivity contribution < 1.29 is 0 Å². The second-order valence-corrected chi connectivity index (χ2v) is 4.58. The zero-order valence-corrected chi connectivity index (χ0v) is 11.1. The third-order valence-corrected chi connectivity index (χ3v) is 3.18. The van der Waals surface area contributed by atoms with Gasteiger partial charge in [-0.25, -0.2) is 9.67 Å². The zero-order chi connectivity index (χ0) is 13.9. The molecule has 0 unspecified atom stereocenters. The van der Waals surface area contributed by atoms with Crippen LogP contribution < -0.4 is 5.56 Å². The van der Waals surface area contributed by atoms with Crippen LogP contribution in [0.3, 0.4) is 0 Å². The Morgan fingerprint density at radius 3 is 2.80 bits per heavy atom. The third kappa shape index (κ3) is 2.25. The van der Waals surface area contributed by atoms with Gasteiger partial charge in [0.05, 0.1) is 0 Å². The van der Waals surface area contributed by atoms with Crippen molar-refractivity contribution >= 4 is 0 Å². The van der Waals surface area contributed by atoms with Crippen LogP contribution in [0.4, 0.5) is 0 Å². The van der Waals surface area contributed by atoms with Crippen LogP contribution in [0.25, 0.3) is 5.82 Å². The van der Waals surface area contributed by atoms with Gasteiger partial charge in [-0.15, -0.1) is 0 Å². The predicted molar refractivity (Wildman–Crippen MR) is 76.0 cm³/mol. The number of rotatable bonds is 3. The maximum atomic E-state index is 12.5. The number of pyridine rings is 2. The van der Waals surface area contributed by atoms with Gasteiger partial charge in [-0.2, -0.15) is 0 Å². The second-order valence-electron chi connectivity index (χ2n) is 4.58. The molecule has 0 atom stereocenters. The summed E-state index contributed by atoms with van der Waals surface area (Å²) in [5.74, 6) is 0.595. The molecule has 0 saturated heterocycles. The molecule has 0 aliphatic carbocycles. The van der Waals surface area contributed by atoms with Gasteiger partial charge in [0.15, 0.2) is 5.82 Å². The molecular weight excluding hydrogens is 252 g/mol. The van der Waals surface area contributed by atoms with Gasteiger partial charge in [0, 0.05) is 36.3 Å². The monoisotopic (exact) mass is 266 g/mol. The highest BCUT2D eigenvalue weighted by Crippen LogP contribution is 2.09. The fraction of sp³-hybridized carbons (Fsp3) is 0.133. The molecule has 0 aromatic carbocycles. The first-order chi connectivity index (χ1) is 9.75. The number of H-pyrrole nitrogens is 1. The molecule has 3 heterocycles. The molecule has 100 valence electrons. The largest absolute Gasteiger partial charge is 0.294 e. The molecule has 0 saturated carbocycles. The minimum absolute atomic E-state index is 0.0648. The summed E-state index contributed by atoms with van der Waals surface area (Å²) in [6.45, 7) is 1.90. The lowest BCUT2D eigenvalue weighted by Gasteiger charge is -1.98. The topological polar surface area (TPSA) is 63.6 Å². The average molecular weight is 266 g/mol. The first kappa shape index (κ1) is 12.3. The van der Waals surface area contributed by atoms with Gasteiger partial charge >= 0.3 is 0 Å². The average Bonchev–Trinajstić information content (AvgIpc) is 2.77. The first-order valence-corrected chi connectivity index (χ1v) is 6.36. The van der Waals surface area contributed by atoms with Crippen LogP contribution >= 0.6 is 0 Å². The summed E-state index contributed by atoms with van der Waals surface area (Å²) in [6, 6.07) is 9.30. The van der Waals surface area contributed by atoms with Gasteiger partial charge < -0.3 is 0 Å². The molecule has 5 nitrogen and oxygen atoms in total. The number of aromatic amines is 1. The standard InChI is InChI=1S/C15H14N4O/c1-11-13(9-12-5-4-7-16-10-12)15(20)19(18-11)14-6-2-3-8-17-14/h2-8,10,18H,9H2,1H3. The van der Waals surface area contributed by atoms with E-state index in [-0.39, 0.29) is 5.56 Å². The number of aryl methyl sites for hydroxylation is 1. The summed E-state index contributed by atoms with van der Waals surface area (Å²) >= 11 is 0. The molecule has 20 heavy (non-hydrogen) atoms. The van der Waals surface area contributed by atoms with Gasteiger partial charge in [0.1, 0.15) is 0 Å². The smallest absolute Gasteiger partial charge is 0.276 e. The van der Waals surface area contributed by atoms with Crippen molar-refractivity contribution in [1.29, 1.82) is 0 Å². The van der Waals surface area contributed by atoms with Crippen LogP contribution in [0, 0.1) is 6.92 Å². The lowest BCUT2D eigenvalue weighted by Crippen LogP contribution is -2.18. The summed E-state index contributed by atoms with van der Waals surface area (Å²) < 4.78 is 1.47. The Labute approximate surface area is 115 Å². The summed E-state index contributed by atoms with van der Waals surface area (Å²) in [4.78, 5) is 20.7. The summed E-state index contributed by atoms with van der Waals surface area (Å²) in [6.07, 6.45) is 5.73. The van der Waals surface area contributed by atoms with E-state index in [0.717, 1.165) is 16.8 Å². The van der Waals surface area contributed by atoms with Crippen LogP contribution in [0.2, 0.25) is 0 Å². The Hall–Kier alpha value is -2.69. The van der Waals surface area contributed by atoms with Crippen molar-refractivity contribution in [2.75, 3.05) is 0 Å². The van der Waals surface area contributed by atoms with E-state index < -0.39 is 0 Å². The van der Waals surface area contributed by atoms with Crippen LogP contribution in [0.5, 0.6) is 0 Å². The molecule has 0 fully saturated rings. The normalized spacial score (nSPS) is 10.7. The Kier molecular flexibility index (Phi) is 3.16. The van der Waals surface area contributed by atoms with Crippen molar-refractivity contribution in [2.45, 2.75) is 13.3 Å². The molecule has 3 rings (SSSR count). The van der Waals surface area contributed by atoms with E-state index >= 15 is 0 Å². The maximum Gasteiger partial charge on any atom is 0.276 e. The van der Waals surface area contributed by atoms with Crippen molar-refractivity contribution in [3.8, 4) is 5.82 Å². The highest BCUT2D eigenvalue weighted by molar-refractivity contribution is 5.29. The summed E-state index contributed by atoms with van der Waals surface area (Å²) in [5.41, 5.74) is 2.54. The molecule has 0 amide bonds. The molecule has 0 aliphatic rings. The van der Waals surface area contributed by atoms with E-state index in [0.29, 0.717) is 12.2 Å². The molecule has 0 bridgehead atoms. The van der Waals surface area contributed by atoms with Gasteiger partial charge in [-0.3, -0.25) is 14.9 Å². The number of hydrogen-bond donors (Lipinski definition) is 1. The van der Waals surface area contributed by atoms with E-state index in [2.05, 4.69) is 15.1 Å². The Morgan fingerprint density at radius 1 is 1.20 bits per heavy atom. The summed E-state index contributed by atoms with van der Waals surface area (Å²) in [7, 11) is 0. The van der Waals surface area contributed by atoms with Crippen molar-refractivity contribution in [1.82, 2.24) is 19.7 Å². The minimum atomic E-state index is -0.0648. The number of nitrogens with zero attached hydrogens (tertiary/aromatic N) is 3. The predicted octanol–water partition coefficient (Wildman–Crippen LogP) is 1.85. The number of aromatic nitrogens is 4. The van der Waals surface area contributed by atoms with E-state index in [1.165, 1.54) is 4.68 Å². The number of nitrogens with one attached hydrogen (secondary N) is 1. The van der Waals surface area contributed by atoms with Crippen LogP contribution in [0.1, 0.15) is 16.8 Å². The third-order valence-electron chi connectivity index (χ3n) is 3.18. The van der Waals surface area contributed by atoms with Gasteiger partial charge in [-0.05, 0) is 30.7 Å². The lowest BCUT2D eigenvalue weighted by molar-refractivity contribution is 0.806. The molecule has 3 aromatic heterocycles. The second kappa shape index (κ2) is 5.13. The molecule has 3 aromatic rings. The summed E-state index contributed by atoms with van der Waals surface area (Å²) in [5, 5.41) is 3.07. The fourth-order valence-electron chi connectivity index (χ4n) is 2.14. The maximum absolute atomic E-state index is 12.5. The van der Waals surface area contributed by atoms with Crippen LogP contribution in [0.15, 0.2) is 53.7 Å². The minimum Gasteiger partial charge on any atom is -0.294 e. The van der Waals surface area contributed by atoms with Crippen molar-refractivity contribution in [3.05, 3.63) is 76.1 Å². The Bertz CT molecular complexity index is 760. The van der Waals surface area contributed by atoms with Crippen molar-refractivity contribution in [3.63, 3.8) is 0 Å².